The maximum Gasteiger partial charge on any atom is 0.363 e. The SMILES string of the molecule is COc1ccc(/C=C2\N=C(c3cccc([N+](=O)[O-])c3)OC2=O)cc1. The lowest BCUT2D eigenvalue weighted by Crippen LogP contribution is -2.05. The summed E-state index contributed by atoms with van der Waals surface area (Å²) in [5.74, 6) is 0.141. The van der Waals surface area contributed by atoms with Gasteiger partial charge in [-0.15, -0.1) is 0 Å². The molecule has 1 aliphatic rings. The molecule has 0 radical (unpaired) electrons. The standard InChI is InChI=1S/C17H12N2O5/c1-23-14-7-5-11(6-8-14)9-15-17(20)24-16(18-15)12-3-2-4-13(10-12)19(21)22/h2-10H,1H3/b15-9-. The van der Waals surface area contributed by atoms with Crippen LogP contribution >= 0.6 is 0 Å². The zero-order valence-electron chi connectivity index (χ0n) is 12.6. The molecule has 3 rings (SSSR count). The second-order valence-electron chi connectivity index (χ2n) is 4.92. The van der Waals surface area contributed by atoms with E-state index >= 15 is 0 Å². The maximum atomic E-state index is 11.9. The Morgan fingerprint density at radius 1 is 1.21 bits per heavy atom. The van der Waals surface area contributed by atoms with E-state index in [0.29, 0.717) is 11.3 Å². The lowest BCUT2D eigenvalue weighted by atomic mass is 10.2. The van der Waals surface area contributed by atoms with Crippen LogP contribution < -0.4 is 4.74 Å². The van der Waals surface area contributed by atoms with Gasteiger partial charge in [-0.25, -0.2) is 9.79 Å². The quantitative estimate of drug-likeness (QED) is 0.373. The Morgan fingerprint density at radius 3 is 2.62 bits per heavy atom. The molecule has 0 unspecified atom stereocenters. The van der Waals surface area contributed by atoms with Crippen LogP contribution in [0.3, 0.4) is 0 Å². The van der Waals surface area contributed by atoms with Crippen molar-refractivity contribution in [3.8, 4) is 5.75 Å². The van der Waals surface area contributed by atoms with Gasteiger partial charge in [-0.1, -0.05) is 18.2 Å². The summed E-state index contributed by atoms with van der Waals surface area (Å²) in [6, 6.07) is 12.8. The number of carbonyl (C=O) groups excluding carboxylic acids is 1. The Morgan fingerprint density at radius 2 is 1.96 bits per heavy atom. The third kappa shape index (κ3) is 3.14. The van der Waals surface area contributed by atoms with Gasteiger partial charge in [0.1, 0.15) is 5.75 Å². The Labute approximate surface area is 137 Å². The number of methoxy groups -OCH3 is 1. The number of hydrogen-bond donors (Lipinski definition) is 0. The Bertz CT molecular complexity index is 869. The number of hydrogen-bond acceptors (Lipinski definition) is 6. The molecular weight excluding hydrogens is 312 g/mol. The third-order valence-corrected chi connectivity index (χ3v) is 3.34. The van der Waals surface area contributed by atoms with Crippen molar-refractivity contribution in [1.82, 2.24) is 0 Å². The second-order valence-corrected chi connectivity index (χ2v) is 4.92. The van der Waals surface area contributed by atoms with Crippen LogP contribution in [0.1, 0.15) is 11.1 Å². The summed E-state index contributed by atoms with van der Waals surface area (Å²) in [6.45, 7) is 0. The minimum Gasteiger partial charge on any atom is -0.497 e. The Kier molecular flexibility index (Phi) is 4.07. The average molecular weight is 324 g/mol. The maximum absolute atomic E-state index is 11.9. The van der Waals surface area contributed by atoms with E-state index in [0.717, 1.165) is 5.56 Å². The summed E-state index contributed by atoms with van der Waals surface area (Å²) in [5, 5.41) is 10.8. The number of esters is 1. The number of nitrogens with zero attached hydrogens (tertiary/aromatic N) is 2. The van der Waals surface area contributed by atoms with Gasteiger partial charge < -0.3 is 9.47 Å². The van der Waals surface area contributed by atoms with Crippen LogP contribution in [-0.2, 0) is 9.53 Å². The summed E-state index contributed by atoms with van der Waals surface area (Å²) in [7, 11) is 1.57. The first kappa shape index (κ1) is 15.4. The molecule has 0 saturated heterocycles. The highest BCUT2D eigenvalue weighted by Crippen LogP contribution is 2.22. The molecular formula is C17H12N2O5. The van der Waals surface area contributed by atoms with E-state index in [1.165, 1.54) is 18.2 Å². The van der Waals surface area contributed by atoms with Crippen molar-refractivity contribution in [3.63, 3.8) is 0 Å². The van der Waals surface area contributed by atoms with Crippen molar-refractivity contribution >= 4 is 23.6 Å². The number of ether oxygens (including phenoxy) is 2. The van der Waals surface area contributed by atoms with E-state index < -0.39 is 10.9 Å². The highest BCUT2D eigenvalue weighted by atomic mass is 16.6. The molecule has 0 atom stereocenters. The zero-order chi connectivity index (χ0) is 17.1. The number of carbonyl (C=O) groups is 1. The molecule has 0 N–H and O–H groups in total. The average Bonchev–Trinajstić information content (AvgIpc) is 2.96. The summed E-state index contributed by atoms with van der Waals surface area (Å²) in [4.78, 5) is 26.4. The predicted octanol–water partition coefficient (Wildman–Crippen LogP) is 2.95. The first-order chi connectivity index (χ1) is 11.6. The summed E-state index contributed by atoms with van der Waals surface area (Å²) in [6.07, 6.45) is 1.58. The van der Waals surface area contributed by atoms with Crippen molar-refractivity contribution in [3.05, 3.63) is 75.5 Å². The predicted molar refractivity (Wildman–Crippen MR) is 86.7 cm³/mol. The minimum atomic E-state index is -0.604. The molecule has 0 saturated carbocycles. The number of non-ortho nitro benzene ring substituents is 1. The highest BCUT2D eigenvalue weighted by molar-refractivity contribution is 6.13. The molecule has 0 bridgehead atoms. The van der Waals surface area contributed by atoms with Crippen molar-refractivity contribution in [2.75, 3.05) is 7.11 Å². The molecule has 7 heteroatoms. The molecule has 24 heavy (non-hydrogen) atoms. The van der Waals surface area contributed by atoms with Gasteiger partial charge in [0.2, 0.25) is 5.90 Å². The monoisotopic (exact) mass is 324 g/mol. The van der Waals surface area contributed by atoms with Gasteiger partial charge in [0, 0.05) is 17.7 Å². The number of aliphatic imine (C=N–C) groups is 1. The Balaban J connectivity index is 1.91. The number of benzene rings is 2. The van der Waals surface area contributed by atoms with E-state index in [2.05, 4.69) is 4.99 Å². The summed E-state index contributed by atoms with van der Waals surface area (Å²) >= 11 is 0. The van der Waals surface area contributed by atoms with Crippen LogP contribution in [0.2, 0.25) is 0 Å². The molecule has 0 spiro atoms. The van der Waals surface area contributed by atoms with Crippen LogP contribution in [0.5, 0.6) is 5.75 Å². The molecule has 0 aliphatic carbocycles. The molecule has 120 valence electrons. The molecule has 0 aromatic heterocycles. The van der Waals surface area contributed by atoms with Gasteiger partial charge in [0.05, 0.1) is 12.0 Å². The summed E-state index contributed by atoms with van der Waals surface area (Å²) < 4.78 is 10.2. The number of cyclic esters (lactones) is 1. The van der Waals surface area contributed by atoms with Crippen LogP contribution in [0.15, 0.2) is 59.2 Å². The van der Waals surface area contributed by atoms with Crippen LogP contribution in [-0.4, -0.2) is 23.9 Å². The van der Waals surface area contributed by atoms with Crippen LogP contribution in [0, 0.1) is 10.1 Å². The van der Waals surface area contributed by atoms with Crippen molar-refractivity contribution < 1.29 is 19.2 Å². The second kappa shape index (κ2) is 6.33. The normalized spacial score (nSPS) is 15.1. The van der Waals surface area contributed by atoms with E-state index in [1.54, 1.807) is 43.5 Å². The third-order valence-electron chi connectivity index (χ3n) is 3.34. The lowest BCUT2D eigenvalue weighted by molar-refractivity contribution is -0.384. The number of nitro benzene ring substituents is 1. The van der Waals surface area contributed by atoms with Crippen molar-refractivity contribution in [2.24, 2.45) is 4.99 Å². The van der Waals surface area contributed by atoms with Gasteiger partial charge in [0.25, 0.3) is 5.69 Å². The largest absolute Gasteiger partial charge is 0.497 e. The van der Waals surface area contributed by atoms with E-state index in [4.69, 9.17) is 9.47 Å². The fourth-order valence-corrected chi connectivity index (χ4v) is 2.14. The molecule has 7 nitrogen and oxygen atoms in total. The van der Waals surface area contributed by atoms with Gasteiger partial charge >= 0.3 is 5.97 Å². The molecule has 1 heterocycles. The van der Waals surface area contributed by atoms with Gasteiger partial charge in [-0.2, -0.15) is 0 Å². The van der Waals surface area contributed by atoms with Gasteiger partial charge in [-0.05, 0) is 29.8 Å². The topological polar surface area (TPSA) is 91.0 Å². The summed E-state index contributed by atoms with van der Waals surface area (Å²) in [5.41, 5.74) is 1.16. The molecule has 0 amide bonds. The molecule has 2 aromatic rings. The number of nitro groups is 1. The van der Waals surface area contributed by atoms with E-state index in [1.807, 2.05) is 0 Å². The first-order valence-electron chi connectivity index (χ1n) is 6.98. The van der Waals surface area contributed by atoms with Gasteiger partial charge in [0.15, 0.2) is 5.70 Å². The highest BCUT2D eigenvalue weighted by Gasteiger charge is 2.25. The van der Waals surface area contributed by atoms with E-state index in [9.17, 15) is 14.9 Å². The fraction of sp³-hybridized carbons (Fsp3) is 0.0588. The van der Waals surface area contributed by atoms with Gasteiger partial charge in [-0.3, -0.25) is 10.1 Å². The molecule has 2 aromatic carbocycles. The Hall–Kier alpha value is -3.48. The van der Waals surface area contributed by atoms with E-state index in [-0.39, 0.29) is 17.3 Å². The molecule has 1 aliphatic heterocycles. The van der Waals surface area contributed by atoms with Crippen LogP contribution in [0.25, 0.3) is 6.08 Å². The minimum absolute atomic E-state index is 0.0449. The van der Waals surface area contributed by atoms with Crippen LogP contribution in [0.4, 0.5) is 5.69 Å². The molecule has 0 fully saturated rings. The lowest BCUT2D eigenvalue weighted by Gasteiger charge is -1.99. The zero-order valence-corrected chi connectivity index (χ0v) is 12.6. The smallest absolute Gasteiger partial charge is 0.363 e. The first-order valence-corrected chi connectivity index (χ1v) is 6.98. The number of rotatable bonds is 4. The van der Waals surface area contributed by atoms with Crippen molar-refractivity contribution in [2.45, 2.75) is 0 Å². The fourth-order valence-electron chi connectivity index (χ4n) is 2.14. The van der Waals surface area contributed by atoms with Crippen molar-refractivity contribution in [1.29, 1.82) is 0 Å².